The van der Waals surface area contributed by atoms with Gasteiger partial charge in [0.1, 0.15) is 12.1 Å². The monoisotopic (exact) mass is 465 g/mol. The van der Waals surface area contributed by atoms with E-state index in [1.165, 1.54) is 18.5 Å². The summed E-state index contributed by atoms with van der Waals surface area (Å²) in [5.41, 5.74) is 3.04. The first-order valence-electron chi connectivity index (χ1n) is 10.5. The number of halogens is 3. The molecule has 1 aromatic heterocycles. The predicted molar refractivity (Wildman–Crippen MR) is 127 cm³/mol. The van der Waals surface area contributed by atoms with Gasteiger partial charge in [0.25, 0.3) is 5.91 Å². The molecule has 0 aliphatic heterocycles. The highest BCUT2D eigenvalue weighted by Crippen LogP contribution is 2.30. The van der Waals surface area contributed by atoms with Gasteiger partial charge in [0.05, 0.1) is 11.1 Å². The molecule has 4 aromatic rings. The zero-order valence-corrected chi connectivity index (χ0v) is 18.5. The lowest BCUT2D eigenvalue weighted by Crippen LogP contribution is -2.14. The number of alkyl halides is 3. The summed E-state index contributed by atoms with van der Waals surface area (Å²) in [4.78, 5) is 21.2. The van der Waals surface area contributed by atoms with Crippen LogP contribution < -0.4 is 16.0 Å². The van der Waals surface area contributed by atoms with Gasteiger partial charge >= 0.3 is 6.18 Å². The number of carbonyl (C=O) groups is 1. The van der Waals surface area contributed by atoms with Crippen LogP contribution in [0, 0.1) is 6.92 Å². The zero-order valence-electron chi connectivity index (χ0n) is 18.5. The molecular formula is C25H22F3N5O. The molecule has 9 heteroatoms. The molecule has 4 rings (SSSR count). The number of nitrogens with one attached hydrogen (secondary N) is 3. The smallest absolute Gasteiger partial charge is 0.381 e. The van der Waals surface area contributed by atoms with Crippen LogP contribution in [0.25, 0.3) is 10.9 Å². The van der Waals surface area contributed by atoms with E-state index in [2.05, 4.69) is 25.9 Å². The normalized spacial score (nSPS) is 11.3. The molecule has 6 nitrogen and oxygen atoms in total. The minimum atomic E-state index is -4.52. The number of amides is 1. The lowest BCUT2D eigenvalue weighted by atomic mass is 10.1. The average molecular weight is 465 g/mol. The lowest BCUT2D eigenvalue weighted by Gasteiger charge is -2.14. The van der Waals surface area contributed by atoms with Crippen LogP contribution in [0.15, 0.2) is 67.0 Å². The Balaban J connectivity index is 1.52. The van der Waals surface area contributed by atoms with E-state index in [4.69, 9.17) is 0 Å². The van der Waals surface area contributed by atoms with Crippen molar-refractivity contribution in [1.82, 2.24) is 9.97 Å². The summed E-state index contributed by atoms with van der Waals surface area (Å²) in [6, 6.07) is 15.5. The molecule has 0 atom stereocenters. The first-order valence-corrected chi connectivity index (χ1v) is 10.5. The molecule has 0 bridgehead atoms. The number of hydrogen-bond acceptors (Lipinski definition) is 5. The molecular weight excluding hydrogens is 443 g/mol. The summed E-state index contributed by atoms with van der Waals surface area (Å²) >= 11 is 0. The van der Waals surface area contributed by atoms with E-state index >= 15 is 0 Å². The van der Waals surface area contributed by atoms with E-state index in [0.29, 0.717) is 12.2 Å². The predicted octanol–water partition coefficient (Wildman–Crippen LogP) is 5.86. The number of aromatic nitrogens is 2. The van der Waals surface area contributed by atoms with Gasteiger partial charge in [-0.25, -0.2) is 9.97 Å². The summed E-state index contributed by atoms with van der Waals surface area (Å²) in [6.45, 7) is 2.40. The molecule has 3 N–H and O–H groups in total. The topological polar surface area (TPSA) is 78.9 Å². The Morgan fingerprint density at radius 1 is 1.00 bits per heavy atom. The van der Waals surface area contributed by atoms with Crippen LogP contribution in [0.5, 0.6) is 0 Å². The molecule has 34 heavy (non-hydrogen) atoms. The first kappa shape index (κ1) is 23.0. The number of nitrogens with zero attached hydrogens (tertiary/aromatic N) is 2. The molecule has 0 aliphatic carbocycles. The standard InChI is InChI=1S/C25H22F3N5O/c1-15-9-10-19(33-24(34)16-5-3-7-18(11-16)25(26,27)28)12-21(15)30-13-17-6-4-8-20-22(17)31-14-32-23(20)29-2/h3-12,14,30H,13H2,1-2H3,(H,33,34)(H,29,31,32). The van der Waals surface area contributed by atoms with E-state index < -0.39 is 17.6 Å². The van der Waals surface area contributed by atoms with Crippen LogP contribution in [0.4, 0.5) is 30.4 Å². The van der Waals surface area contributed by atoms with Gasteiger partial charge in [0, 0.05) is 35.9 Å². The van der Waals surface area contributed by atoms with Crippen LogP contribution in [0.1, 0.15) is 27.0 Å². The second-order valence-electron chi connectivity index (χ2n) is 7.70. The Hall–Kier alpha value is -4.14. The number of aryl methyl sites for hydroxylation is 1. The van der Waals surface area contributed by atoms with E-state index in [-0.39, 0.29) is 5.56 Å². The van der Waals surface area contributed by atoms with Crippen molar-refractivity contribution >= 4 is 34.0 Å². The van der Waals surface area contributed by atoms with Crippen LogP contribution in [-0.4, -0.2) is 22.9 Å². The number of anilines is 3. The van der Waals surface area contributed by atoms with E-state index in [1.807, 2.05) is 31.2 Å². The lowest BCUT2D eigenvalue weighted by molar-refractivity contribution is -0.137. The fourth-order valence-electron chi connectivity index (χ4n) is 3.61. The quantitative estimate of drug-likeness (QED) is 0.332. The highest BCUT2D eigenvalue weighted by molar-refractivity contribution is 6.04. The molecule has 0 saturated heterocycles. The van der Waals surface area contributed by atoms with E-state index in [1.54, 1.807) is 19.2 Å². The Labute approximate surface area is 194 Å². The summed E-state index contributed by atoms with van der Waals surface area (Å²) < 4.78 is 38.9. The highest BCUT2D eigenvalue weighted by Gasteiger charge is 2.30. The third kappa shape index (κ3) is 4.93. The summed E-state index contributed by atoms with van der Waals surface area (Å²) in [5, 5.41) is 10.00. The minimum Gasteiger partial charge on any atom is -0.381 e. The van der Waals surface area contributed by atoms with Crippen molar-refractivity contribution in [2.24, 2.45) is 0 Å². The molecule has 1 heterocycles. The largest absolute Gasteiger partial charge is 0.416 e. The molecule has 1 amide bonds. The van der Waals surface area contributed by atoms with Gasteiger partial charge in [0.15, 0.2) is 0 Å². The van der Waals surface area contributed by atoms with Gasteiger partial charge in [-0.3, -0.25) is 4.79 Å². The molecule has 0 saturated carbocycles. The van der Waals surface area contributed by atoms with Gasteiger partial charge in [-0.1, -0.05) is 24.3 Å². The van der Waals surface area contributed by atoms with Crippen molar-refractivity contribution in [3.05, 3.63) is 89.2 Å². The van der Waals surface area contributed by atoms with Crippen molar-refractivity contribution in [3.63, 3.8) is 0 Å². The van der Waals surface area contributed by atoms with Gasteiger partial charge in [-0.15, -0.1) is 0 Å². The van der Waals surface area contributed by atoms with Crippen molar-refractivity contribution in [3.8, 4) is 0 Å². The number of fused-ring (bicyclic) bond motifs is 1. The summed E-state index contributed by atoms with van der Waals surface area (Å²) in [5.74, 6) is 0.119. The Morgan fingerprint density at radius 2 is 1.79 bits per heavy atom. The fraction of sp³-hybridized carbons (Fsp3) is 0.160. The van der Waals surface area contributed by atoms with Crippen LogP contribution in [-0.2, 0) is 12.7 Å². The fourth-order valence-corrected chi connectivity index (χ4v) is 3.61. The second-order valence-corrected chi connectivity index (χ2v) is 7.70. The van der Waals surface area contributed by atoms with Crippen molar-refractivity contribution in [1.29, 1.82) is 0 Å². The second kappa shape index (κ2) is 9.38. The Kier molecular flexibility index (Phi) is 6.36. The first-order chi connectivity index (χ1) is 16.3. The van der Waals surface area contributed by atoms with Gasteiger partial charge in [0.2, 0.25) is 0 Å². The van der Waals surface area contributed by atoms with E-state index in [0.717, 1.165) is 45.7 Å². The van der Waals surface area contributed by atoms with Crippen LogP contribution >= 0.6 is 0 Å². The van der Waals surface area contributed by atoms with Crippen molar-refractivity contribution < 1.29 is 18.0 Å². The Bertz CT molecular complexity index is 1350. The molecule has 3 aromatic carbocycles. The molecule has 0 unspecified atom stereocenters. The SMILES string of the molecule is CNc1ncnc2c(CNc3cc(NC(=O)c4cccc(C(F)(F)F)c4)ccc3C)cccc12. The number of carbonyl (C=O) groups excluding carboxylic acids is 1. The number of para-hydroxylation sites is 1. The number of hydrogen-bond donors (Lipinski definition) is 3. The maximum absolute atomic E-state index is 13.0. The van der Waals surface area contributed by atoms with Crippen LogP contribution in [0.3, 0.4) is 0 Å². The van der Waals surface area contributed by atoms with Gasteiger partial charge in [-0.2, -0.15) is 13.2 Å². The summed E-state index contributed by atoms with van der Waals surface area (Å²) in [7, 11) is 1.80. The number of rotatable bonds is 6. The number of benzene rings is 3. The molecule has 0 fully saturated rings. The molecule has 0 spiro atoms. The zero-order chi connectivity index (χ0) is 24.3. The Morgan fingerprint density at radius 3 is 2.56 bits per heavy atom. The third-order valence-corrected chi connectivity index (χ3v) is 5.40. The van der Waals surface area contributed by atoms with Gasteiger partial charge in [-0.05, 0) is 54.4 Å². The highest BCUT2D eigenvalue weighted by atomic mass is 19.4. The maximum atomic E-state index is 13.0. The molecule has 0 radical (unpaired) electrons. The van der Waals surface area contributed by atoms with Crippen molar-refractivity contribution in [2.75, 3.05) is 23.0 Å². The third-order valence-electron chi connectivity index (χ3n) is 5.40. The minimum absolute atomic E-state index is 0.0688. The molecule has 174 valence electrons. The van der Waals surface area contributed by atoms with Gasteiger partial charge < -0.3 is 16.0 Å². The van der Waals surface area contributed by atoms with E-state index in [9.17, 15) is 18.0 Å². The van der Waals surface area contributed by atoms with Crippen molar-refractivity contribution in [2.45, 2.75) is 19.6 Å². The van der Waals surface area contributed by atoms with Crippen LogP contribution in [0.2, 0.25) is 0 Å². The molecule has 0 aliphatic rings. The average Bonchev–Trinajstić information content (AvgIpc) is 2.83. The maximum Gasteiger partial charge on any atom is 0.416 e. The summed E-state index contributed by atoms with van der Waals surface area (Å²) in [6.07, 6.45) is -3.01.